The normalized spacial score (nSPS) is 36.8. The van der Waals surface area contributed by atoms with Crippen molar-refractivity contribution in [3.63, 3.8) is 0 Å². The molecular formula is C10H14N2O. The largest absolute Gasteiger partial charge is 0.390 e. The molecule has 2 fully saturated rings. The highest BCUT2D eigenvalue weighted by Crippen LogP contribution is 2.35. The summed E-state index contributed by atoms with van der Waals surface area (Å²) in [5, 5.41) is 6.54. The van der Waals surface area contributed by atoms with Gasteiger partial charge in [0.15, 0.2) is 5.78 Å². The first kappa shape index (κ1) is 7.56. The monoisotopic (exact) mass is 178 g/mol. The predicted octanol–water partition coefficient (Wildman–Crippen LogP) is 0.0406. The summed E-state index contributed by atoms with van der Waals surface area (Å²) in [6.45, 7) is 1.98. The molecule has 2 heterocycles. The van der Waals surface area contributed by atoms with Crippen LogP contribution in [0.1, 0.15) is 12.8 Å². The molecular weight excluding hydrogens is 164 g/mol. The van der Waals surface area contributed by atoms with E-state index in [0.717, 1.165) is 25.9 Å². The summed E-state index contributed by atoms with van der Waals surface area (Å²) in [5.41, 5.74) is 1.30. The molecule has 3 aliphatic rings. The first-order valence-electron chi connectivity index (χ1n) is 5.06. The third-order valence-corrected chi connectivity index (χ3v) is 3.27. The summed E-state index contributed by atoms with van der Waals surface area (Å²) < 4.78 is 0. The SMILES string of the molecule is O=C(C1CC1)C1NCC2CNC=C21. The zero-order valence-corrected chi connectivity index (χ0v) is 7.55. The molecule has 0 amide bonds. The van der Waals surface area contributed by atoms with E-state index in [4.69, 9.17) is 0 Å². The van der Waals surface area contributed by atoms with Crippen LogP contribution >= 0.6 is 0 Å². The van der Waals surface area contributed by atoms with Crippen LogP contribution in [0.25, 0.3) is 0 Å². The molecule has 0 aromatic heterocycles. The zero-order valence-electron chi connectivity index (χ0n) is 7.55. The molecule has 3 nitrogen and oxygen atoms in total. The van der Waals surface area contributed by atoms with Crippen molar-refractivity contribution >= 4 is 5.78 Å². The van der Waals surface area contributed by atoms with Gasteiger partial charge < -0.3 is 10.6 Å². The minimum atomic E-state index is 0.0486. The fourth-order valence-electron chi connectivity index (χ4n) is 2.31. The maximum atomic E-state index is 11.8. The van der Waals surface area contributed by atoms with Crippen molar-refractivity contribution in [3.05, 3.63) is 11.8 Å². The van der Waals surface area contributed by atoms with Crippen molar-refractivity contribution in [2.75, 3.05) is 13.1 Å². The quantitative estimate of drug-likeness (QED) is 0.627. The lowest BCUT2D eigenvalue weighted by molar-refractivity contribution is -0.121. The Morgan fingerprint density at radius 3 is 3.00 bits per heavy atom. The molecule has 2 aliphatic heterocycles. The van der Waals surface area contributed by atoms with E-state index in [1.807, 2.05) is 6.20 Å². The third-order valence-electron chi connectivity index (χ3n) is 3.27. The van der Waals surface area contributed by atoms with E-state index < -0.39 is 0 Å². The van der Waals surface area contributed by atoms with E-state index >= 15 is 0 Å². The van der Waals surface area contributed by atoms with Crippen LogP contribution in [0.2, 0.25) is 0 Å². The minimum absolute atomic E-state index is 0.0486. The lowest BCUT2D eigenvalue weighted by Crippen LogP contribution is -2.33. The fraction of sp³-hybridized carbons (Fsp3) is 0.700. The highest BCUT2D eigenvalue weighted by Gasteiger charge is 2.42. The minimum Gasteiger partial charge on any atom is -0.390 e. The topological polar surface area (TPSA) is 41.1 Å². The second kappa shape index (κ2) is 2.58. The van der Waals surface area contributed by atoms with Crippen molar-refractivity contribution in [2.45, 2.75) is 18.9 Å². The molecule has 3 heteroatoms. The number of hydrogen-bond donors (Lipinski definition) is 2. The van der Waals surface area contributed by atoms with E-state index in [-0.39, 0.29) is 6.04 Å². The van der Waals surface area contributed by atoms with Gasteiger partial charge in [-0.3, -0.25) is 4.79 Å². The van der Waals surface area contributed by atoms with Crippen molar-refractivity contribution in [1.82, 2.24) is 10.6 Å². The fourth-order valence-corrected chi connectivity index (χ4v) is 2.31. The number of Topliss-reactive ketones (excluding diaryl/α,β-unsaturated/α-hetero) is 1. The molecule has 13 heavy (non-hydrogen) atoms. The Balaban J connectivity index is 1.80. The first-order valence-corrected chi connectivity index (χ1v) is 5.06. The average molecular weight is 178 g/mol. The summed E-state index contributed by atoms with van der Waals surface area (Å²) in [7, 11) is 0. The smallest absolute Gasteiger partial charge is 0.157 e. The Morgan fingerprint density at radius 1 is 1.38 bits per heavy atom. The van der Waals surface area contributed by atoms with E-state index in [0.29, 0.717) is 17.6 Å². The van der Waals surface area contributed by atoms with E-state index in [2.05, 4.69) is 10.6 Å². The molecule has 2 atom stereocenters. The van der Waals surface area contributed by atoms with Crippen LogP contribution in [0.5, 0.6) is 0 Å². The summed E-state index contributed by atoms with van der Waals surface area (Å²) in [4.78, 5) is 11.8. The van der Waals surface area contributed by atoms with Crippen LogP contribution in [0.3, 0.4) is 0 Å². The number of nitrogens with one attached hydrogen (secondary N) is 2. The molecule has 0 bridgehead atoms. The summed E-state index contributed by atoms with van der Waals surface area (Å²) in [5.74, 6) is 1.38. The first-order chi connectivity index (χ1) is 6.36. The standard InChI is InChI=1S/C10H14N2O/c13-10(6-1-2-6)9-8-5-11-3-7(8)4-12-9/h5-7,9,11-12H,1-4H2. The molecule has 0 spiro atoms. The molecule has 1 saturated heterocycles. The Morgan fingerprint density at radius 2 is 2.23 bits per heavy atom. The summed E-state index contributed by atoms with van der Waals surface area (Å²) in [6, 6.07) is 0.0486. The van der Waals surface area contributed by atoms with Crippen LogP contribution in [0, 0.1) is 11.8 Å². The Hall–Kier alpha value is -0.830. The maximum Gasteiger partial charge on any atom is 0.157 e. The van der Waals surface area contributed by atoms with Crippen LogP contribution in [-0.4, -0.2) is 24.9 Å². The molecule has 0 aromatic carbocycles. The van der Waals surface area contributed by atoms with E-state index in [9.17, 15) is 4.79 Å². The van der Waals surface area contributed by atoms with E-state index in [1.165, 1.54) is 5.57 Å². The van der Waals surface area contributed by atoms with Gasteiger partial charge in [0.1, 0.15) is 0 Å². The van der Waals surface area contributed by atoms with Gasteiger partial charge >= 0.3 is 0 Å². The summed E-state index contributed by atoms with van der Waals surface area (Å²) in [6.07, 6.45) is 4.26. The van der Waals surface area contributed by atoms with Gasteiger partial charge in [-0.15, -0.1) is 0 Å². The van der Waals surface area contributed by atoms with Gasteiger partial charge in [0.05, 0.1) is 6.04 Å². The number of carbonyl (C=O) groups excluding carboxylic acids is 1. The zero-order chi connectivity index (χ0) is 8.84. The molecule has 1 aliphatic carbocycles. The van der Waals surface area contributed by atoms with Crippen molar-refractivity contribution in [3.8, 4) is 0 Å². The van der Waals surface area contributed by atoms with E-state index in [1.54, 1.807) is 0 Å². The molecule has 0 aromatic rings. The highest BCUT2D eigenvalue weighted by molar-refractivity contribution is 5.91. The maximum absolute atomic E-state index is 11.8. The lowest BCUT2D eigenvalue weighted by Gasteiger charge is -2.09. The van der Waals surface area contributed by atoms with Gasteiger partial charge in [0, 0.05) is 24.9 Å². The van der Waals surface area contributed by atoms with Crippen LogP contribution in [0.4, 0.5) is 0 Å². The molecule has 2 N–H and O–H groups in total. The molecule has 0 radical (unpaired) electrons. The Bertz CT molecular complexity index is 281. The van der Waals surface area contributed by atoms with Crippen LogP contribution in [0.15, 0.2) is 11.8 Å². The van der Waals surface area contributed by atoms with Crippen molar-refractivity contribution in [1.29, 1.82) is 0 Å². The van der Waals surface area contributed by atoms with Gasteiger partial charge in [-0.05, 0) is 24.6 Å². The third kappa shape index (κ3) is 1.10. The van der Waals surface area contributed by atoms with Gasteiger partial charge in [0.2, 0.25) is 0 Å². The number of hydrogen-bond acceptors (Lipinski definition) is 3. The Labute approximate surface area is 77.6 Å². The highest BCUT2D eigenvalue weighted by atomic mass is 16.1. The van der Waals surface area contributed by atoms with Gasteiger partial charge in [0.25, 0.3) is 0 Å². The second-order valence-electron chi connectivity index (χ2n) is 4.27. The molecule has 1 saturated carbocycles. The number of fused-ring (bicyclic) bond motifs is 1. The summed E-state index contributed by atoms with van der Waals surface area (Å²) >= 11 is 0. The lowest BCUT2D eigenvalue weighted by atomic mass is 9.97. The van der Waals surface area contributed by atoms with Crippen molar-refractivity contribution in [2.24, 2.45) is 11.8 Å². The predicted molar refractivity (Wildman–Crippen MR) is 49.1 cm³/mol. The average Bonchev–Trinajstić information content (AvgIpc) is 2.73. The molecule has 70 valence electrons. The Kier molecular flexibility index (Phi) is 1.50. The number of carbonyl (C=O) groups is 1. The van der Waals surface area contributed by atoms with Crippen molar-refractivity contribution < 1.29 is 4.79 Å². The number of ketones is 1. The van der Waals surface area contributed by atoms with Gasteiger partial charge in [-0.2, -0.15) is 0 Å². The molecule has 2 unspecified atom stereocenters. The van der Waals surface area contributed by atoms with Gasteiger partial charge in [-0.25, -0.2) is 0 Å². The van der Waals surface area contributed by atoms with Gasteiger partial charge in [-0.1, -0.05) is 0 Å². The van der Waals surface area contributed by atoms with Crippen LogP contribution < -0.4 is 10.6 Å². The van der Waals surface area contributed by atoms with Crippen LogP contribution in [-0.2, 0) is 4.79 Å². The number of rotatable bonds is 2. The molecule has 3 rings (SSSR count). The second-order valence-corrected chi connectivity index (χ2v) is 4.27.